The standard InChI is InChI=1S/C21H19ClF2N6O3/c22-14-3-1-2-11(18(14)24)7-27-21(33)15-6-12(23)9-29(15)17(31)10-30-16-8-26-5-4-13(16)19(28-30)20(25)32/h1-5,8,12,15H,6-7,9-10H2,(H2,25,32)(H,27,33)/t12-,15+/m1/s1. The molecule has 1 fully saturated rings. The molecule has 3 amide bonds. The van der Waals surface area contributed by atoms with Crippen molar-refractivity contribution >= 4 is 40.2 Å². The lowest BCUT2D eigenvalue weighted by Gasteiger charge is -2.23. The number of benzene rings is 1. The Morgan fingerprint density at radius 1 is 1.27 bits per heavy atom. The SMILES string of the molecule is NC(=O)c1nn(CC(=O)N2C[C@H](F)C[C@H]2C(=O)NCc2cccc(Cl)c2F)c2cnccc12. The number of halogens is 3. The number of nitrogens with one attached hydrogen (secondary N) is 1. The van der Waals surface area contributed by atoms with Crippen LogP contribution in [0.15, 0.2) is 36.7 Å². The summed E-state index contributed by atoms with van der Waals surface area (Å²) in [6, 6.07) is 4.85. The fourth-order valence-corrected chi connectivity index (χ4v) is 4.03. The largest absolute Gasteiger partial charge is 0.364 e. The number of fused-ring (bicyclic) bond motifs is 1. The van der Waals surface area contributed by atoms with E-state index in [1.165, 1.54) is 29.2 Å². The van der Waals surface area contributed by atoms with E-state index in [4.69, 9.17) is 17.3 Å². The zero-order valence-electron chi connectivity index (χ0n) is 17.2. The van der Waals surface area contributed by atoms with Crippen molar-refractivity contribution < 1.29 is 23.2 Å². The minimum Gasteiger partial charge on any atom is -0.364 e. The molecule has 3 heterocycles. The summed E-state index contributed by atoms with van der Waals surface area (Å²) in [4.78, 5) is 42.5. The van der Waals surface area contributed by atoms with Crippen molar-refractivity contribution in [1.29, 1.82) is 0 Å². The molecule has 1 aliphatic heterocycles. The van der Waals surface area contributed by atoms with E-state index in [2.05, 4.69) is 15.4 Å². The van der Waals surface area contributed by atoms with Crippen LogP contribution in [0.25, 0.3) is 10.9 Å². The fraction of sp³-hybridized carbons (Fsp3) is 0.286. The predicted octanol–water partition coefficient (Wildman–Crippen LogP) is 1.58. The Labute approximate surface area is 191 Å². The van der Waals surface area contributed by atoms with Gasteiger partial charge >= 0.3 is 0 Å². The fourth-order valence-electron chi connectivity index (χ4n) is 3.84. The highest BCUT2D eigenvalue weighted by molar-refractivity contribution is 6.30. The molecular weight excluding hydrogens is 458 g/mol. The molecule has 1 saturated heterocycles. The van der Waals surface area contributed by atoms with E-state index >= 15 is 0 Å². The highest BCUT2D eigenvalue weighted by atomic mass is 35.5. The smallest absolute Gasteiger partial charge is 0.269 e. The number of pyridine rings is 1. The van der Waals surface area contributed by atoms with E-state index < -0.39 is 35.8 Å². The number of hydrogen-bond acceptors (Lipinski definition) is 5. The Morgan fingerprint density at radius 3 is 2.82 bits per heavy atom. The van der Waals surface area contributed by atoms with Crippen molar-refractivity contribution in [2.45, 2.75) is 31.7 Å². The lowest BCUT2D eigenvalue weighted by Crippen LogP contribution is -2.46. The lowest BCUT2D eigenvalue weighted by atomic mass is 10.1. The first-order valence-electron chi connectivity index (χ1n) is 10.0. The number of carbonyl (C=O) groups excluding carboxylic acids is 3. The summed E-state index contributed by atoms with van der Waals surface area (Å²) in [5.74, 6) is -2.62. The number of hydrogen-bond donors (Lipinski definition) is 2. The number of alkyl halides is 1. The molecule has 172 valence electrons. The molecule has 0 bridgehead atoms. The second kappa shape index (κ2) is 9.10. The van der Waals surface area contributed by atoms with E-state index in [1.54, 1.807) is 12.1 Å². The molecule has 2 aromatic heterocycles. The van der Waals surface area contributed by atoms with Crippen LogP contribution in [0, 0.1) is 5.82 Å². The molecule has 0 saturated carbocycles. The molecule has 2 atom stereocenters. The van der Waals surface area contributed by atoms with Gasteiger partial charge in [-0.2, -0.15) is 5.10 Å². The van der Waals surface area contributed by atoms with Crippen LogP contribution in [0.5, 0.6) is 0 Å². The van der Waals surface area contributed by atoms with Gasteiger partial charge in [-0.05, 0) is 12.1 Å². The minimum atomic E-state index is -1.40. The van der Waals surface area contributed by atoms with Gasteiger partial charge in [0.1, 0.15) is 24.6 Å². The second-order valence-corrected chi connectivity index (χ2v) is 8.00. The maximum atomic E-state index is 14.2. The summed E-state index contributed by atoms with van der Waals surface area (Å²) in [7, 11) is 0. The number of primary amides is 1. The summed E-state index contributed by atoms with van der Waals surface area (Å²) in [5.41, 5.74) is 5.90. The molecular formula is C21H19ClF2N6O3. The quantitative estimate of drug-likeness (QED) is 0.559. The molecule has 1 aromatic carbocycles. The van der Waals surface area contributed by atoms with Gasteiger partial charge in [-0.1, -0.05) is 23.7 Å². The lowest BCUT2D eigenvalue weighted by molar-refractivity contribution is -0.139. The highest BCUT2D eigenvalue weighted by Crippen LogP contribution is 2.23. The van der Waals surface area contributed by atoms with Gasteiger partial charge in [-0.3, -0.25) is 24.0 Å². The summed E-state index contributed by atoms with van der Waals surface area (Å²) < 4.78 is 29.5. The van der Waals surface area contributed by atoms with Crippen molar-refractivity contribution in [2.24, 2.45) is 5.73 Å². The third kappa shape index (κ3) is 4.49. The Balaban J connectivity index is 1.50. The normalized spacial score (nSPS) is 18.0. The van der Waals surface area contributed by atoms with Crippen LogP contribution >= 0.6 is 11.6 Å². The van der Waals surface area contributed by atoms with Crippen LogP contribution in [0.1, 0.15) is 22.5 Å². The molecule has 33 heavy (non-hydrogen) atoms. The molecule has 4 rings (SSSR count). The molecule has 0 spiro atoms. The van der Waals surface area contributed by atoms with Crippen molar-refractivity contribution in [3.8, 4) is 0 Å². The number of carbonyl (C=O) groups is 3. The van der Waals surface area contributed by atoms with Gasteiger partial charge in [0, 0.05) is 30.1 Å². The van der Waals surface area contributed by atoms with Crippen LogP contribution < -0.4 is 11.1 Å². The average Bonchev–Trinajstić information content (AvgIpc) is 3.36. The molecule has 0 unspecified atom stereocenters. The first kappa shape index (κ1) is 22.6. The zero-order valence-corrected chi connectivity index (χ0v) is 17.9. The molecule has 0 aliphatic carbocycles. The van der Waals surface area contributed by atoms with Gasteiger partial charge in [0.15, 0.2) is 5.69 Å². The van der Waals surface area contributed by atoms with E-state index in [0.717, 1.165) is 4.90 Å². The van der Waals surface area contributed by atoms with Crippen LogP contribution in [0.2, 0.25) is 5.02 Å². The summed E-state index contributed by atoms with van der Waals surface area (Å²) in [6.07, 6.45) is 1.29. The molecule has 3 aromatic rings. The van der Waals surface area contributed by atoms with Gasteiger partial charge in [-0.25, -0.2) is 8.78 Å². The summed E-state index contributed by atoms with van der Waals surface area (Å²) >= 11 is 5.75. The minimum absolute atomic E-state index is 0.0252. The van der Waals surface area contributed by atoms with Gasteiger partial charge in [-0.15, -0.1) is 0 Å². The molecule has 0 radical (unpaired) electrons. The van der Waals surface area contributed by atoms with Gasteiger partial charge < -0.3 is 16.0 Å². The van der Waals surface area contributed by atoms with Crippen molar-refractivity contribution in [2.75, 3.05) is 6.54 Å². The first-order chi connectivity index (χ1) is 15.8. The molecule has 9 nitrogen and oxygen atoms in total. The van der Waals surface area contributed by atoms with Crippen molar-refractivity contribution in [3.05, 3.63) is 58.8 Å². The molecule has 1 aliphatic rings. The van der Waals surface area contributed by atoms with Gasteiger partial charge in [0.2, 0.25) is 11.8 Å². The Hall–Kier alpha value is -3.60. The Morgan fingerprint density at radius 2 is 2.06 bits per heavy atom. The van der Waals surface area contributed by atoms with Crippen LogP contribution in [-0.4, -0.2) is 56.1 Å². The number of likely N-dealkylation sites (tertiary alicyclic amines) is 1. The monoisotopic (exact) mass is 476 g/mol. The number of amides is 3. The van der Waals surface area contributed by atoms with E-state index in [-0.39, 0.29) is 42.3 Å². The van der Waals surface area contributed by atoms with Gasteiger partial charge in [0.25, 0.3) is 5.91 Å². The third-order valence-electron chi connectivity index (χ3n) is 5.43. The van der Waals surface area contributed by atoms with E-state index in [1.807, 2.05) is 0 Å². The van der Waals surface area contributed by atoms with E-state index in [9.17, 15) is 23.2 Å². The summed E-state index contributed by atoms with van der Waals surface area (Å²) in [6.45, 7) is -0.796. The van der Waals surface area contributed by atoms with Gasteiger partial charge in [0.05, 0.1) is 23.3 Å². The zero-order chi connectivity index (χ0) is 23.7. The number of nitrogens with two attached hydrogens (primary N) is 1. The maximum absolute atomic E-state index is 14.2. The van der Waals surface area contributed by atoms with E-state index in [0.29, 0.717) is 10.9 Å². The van der Waals surface area contributed by atoms with Crippen LogP contribution in [0.4, 0.5) is 8.78 Å². The van der Waals surface area contributed by atoms with Crippen molar-refractivity contribution in [3.63, 3.8) is 0 Å². The second-order valence-electron chi connectivity index (χ2n) is 7.59. The van der Waals surface area contributed by atoms with Crippen LogP contribution in [0.3, 0.4) is 0 Å². The number of rotatable bonds is 6. The average molecular weight is 477 g/mol. The Bertz CT molecular complexity index is 1250. The number of aromatic nitrogens is 3. The summed E-state index contributed by atoms with van der Waals surface area (Å²) in [5, 5.41) is 6.96. The highest BCUT2D eigenvalue weighted by Gasteiger charge is 2.40. The third-order valence-corrected chi connectivity index (χ3v) is 5.72. The first-order valence-corrected chi connectivity index (χ1v) is 10.4. The van der Waals surface area contributed by atoms with Crippen molar-refractivity contribution in [1.82, 2.24) is 25.0 Å². The predicted molar refractivity (Wildman–Crippen MR) is 114 cm³/mol. The van der Waals surface area contributed by atoms with Crippen LogP contribution in [-0.2, 0) is 22.7 Å². The maximum Gasteiger partial charge on any atom is 0.269 e. The topological polar surface area (TPSA) is 123 Å². The molecule has 3 N–H and O–H groups in total. The number of nitrogens with zero attached hydrogens (tertiary/aromatic N) is 4. The molecule has 12 heteroatoms. The Kier molecular flexibility index (Phi) is 6.23.